The summed E-state index contributed by atoms with van der Waals surface area (Å²) in [6, 6.07) is 23.8. The summed E-state index contributed by atoms with van der Waals surface area (Å²) < 4.78 is 11.0. The summed E-state index contributed by atoms with van der Waals surface area (Å²) >= 11 is 6.53. The number of benzene rings is 3. The van der Waals surface area contributed by atoms with Gasteiger partial charge in [-0.2, -0.15) is 0 Å². The monoisotopic (exact) mass is 527 g/mol. The van der Waals surface area contributed by atoms with Gasteiger partial charge in [-0.25, -0.2) is 0 Å². The molecule has 1 saturated heterocycles. The lowest BCUT2D eigenvalue weighted by Crippen LogP contribution is -2.60. The number of esters is 1. The van der Waals surface area contributed by atoms with E-state index in [9.17, 15) is 9.59 Å². The molecule has 0 radical (unpaired) electrons. The molecule has 1 heterocycles. The second kappa shape index (κ2) is 9.02. The third kappa shape index (κ3) is 3.24. The van der Waals surface area contributed by atoms with Crippen LogP contribution in [0.3, 0.4) is 0 Å². The first-order chi connectivity index (χ1) is 18.4. The Morgan fingerprint density at radius 2 is 1.79 bits per heavy atom. The molecule has 2 bridgehead atoms. The van der Waals surface area contributed by atoms with Gasteiger partial charge in [0.15, 0.2) is 0 Å². The summed E-state index contributed by atoms with van der Waals surface area (Å²) in [5, 5.41) is 0.654. The number of carbonyl (C=O) groups is 2. The van der Waals surface area contributed by atoms with E-state index in [1.807, 2.05) is 48.5 Å². The van der Waals surface area contributed by atoms with Crippen LogP contribution in [0.5, 0.6) is 5.75 Å². The van der Waals surface area contributed by atoms with Crippen LogP contribution in [0.25, 0.3) is 5.57 Å². The molecule has 2 fully saturated rings. The van der Waals surface area contributed by atoms with E-state index < -0.39 is 10.8 Å². The first-order valence-corrected chi connectivity index (χ1v) is 13.3. The fraction of sp³-hybridized carbons (Fsp3) is 0.312. The van der Waals surface area contributed by atoms with Crippen molar-refractivity contribution in [1.82, 2.24) is 4.90 Å². The van der Waals surface area contributed by atoms with Crippen LogP contribution in [0.4, 0.5) is 0 Å². The molecular formula is C32H30ClNO4. The second-order valence-electron chi connectivity index (χ2n) is 10.6. The number of amides is 1. The van der Waals surface area contributed by atoms with E-state index >= 15 is 0 Å². The van der Waals surface area contributed by atoms with Crippen LogP contribution in [0.2, 0.25) is 5.02 Å². The number of fused-ring (bicyclic) bond motifs is 1. The molecule has 4 atom stereocenters. The van der Waals surface area contributed by atoms with Crippen molar-refractivity contribution in [3.8, 4) is 5.75 Å². The van der Waals surface area contributed by atoms with Gasteiger partial charge in [-0.05, 0) is 47.7 Å². The Bertz CT molecular complexity index is 1470. The maximum atomic E-state index is 14.0. The predicted molar refractivity (Wildman–Crippen MR) is 147 cm³/mol. The third-order valence-electron chi connectivity index (χ3n) is 9.22. The standard InChI is InChI=1S/C32H30ClNO4/c1-20(23-11-5-7-14-27(23)37-2)29(35)34-18-28-31(21-9-8-10-22(33)17-21)16-15-26(24-12-4-6-13-25(24)31)32(28,19-34)30(36)38-3/h4-14,17,26,28H,1,15-16,18-19H2,2-3H3. The average molecular weight is 528 g/mol. The molecule has 4 aliphatic rings. The molecule has 1 saturated carbocycles. The van der Waals surface area contributed by atoms with Crippen molar-refractivity contribution in [2.75, 3.05) is 27.3 Å². The zero-order chi connectivity index (χ0) is 26.7. The number of rotatable bonds is 5. The highest BCUT2D eigenvalue weighted by atomic mass is 35.5. The maximum absolute atomic E-state index is 14.0. The largest absolute Gasteiger partial charge is 0.496 e. The third-order valence-corrected chi connectivity index (χ3v) is 9.46. The summed E-state index contributed by atoms with van der Waals surface area (Å²) in [4.78, 5) is 29.7. The predicted octanol–water partition coefficient (Wildman–Crippen LogP) is 5.86. The minimum Gasteiger partial charge on any atom is -0.496 e. The van der Waals surface area contributed by atoms with Crippen LogP contribution in [-0.4, -0.2) is 44.1 Å². The fourth-order valence-electron chi connectivity index (χ4n) is 7.75. The summed E-state index contributed by atoms with van der Waals surface area (Å²) in [7, 11) is 3.03. The zero-order valence-electron chi connectivity index (χ0n) is 21.6. The van der Waals surface area contributed by atoms with Crippen LogP contribution in [0.1, 0.15) is 41.0 Å². The van der Waals surface area contributed by atoms with Crippen LogP contribution in [0, 0.1) is 11.3 Å². The van der Waals surface area contributed by atoms with Crippen molar-refractivity contribution in [2.45, 2.75) is 24.2 Å². The molecule has 6 heteroatoms. The maximum Gasteiger partial charge on any atom is 0.314 e. The van der Waals surface area contributed by atoms with E-state index in [4.69, 9.17) is 21.1 Å². The molecule has 7 rings (SSSR count). The van der Waals surface area contributed by atoms with Crippen molar-refractivity contribution in [1.29, 1.82) is 0 Å². The number of nitrogens with zero attached hydrogens (tertiary/aromatic N) is 1. The lowest BCUT2D eigenvalue weighted by molar-refractivity contribution is -0.161. The Balaban J connectivity index is 1.51. The number of para-hydroxylation sites is 1. The van der Waals surface area contributed by atoms with Gasteiger partial charge >= 0.3 is 5.97 Å². The number of halogens is 1. The van der Waals surface area contributed by atoms with Gasteiger partial charge in [0.05, 0.1) is 19.6 Å². The number of hydrogen-bond donors (Lipinski definition) is 0. The summed E-state index contributed by atoms with van der Waals surface area (Å²) in [5.41, 5.74) is 3.11. The van der Waals surface area contributed by atoms with E-state index in [-0.39, 0.29) is 30.3 Å². The van der Waals surface area contributed by atoms with Gasteiger partial charge in [0.1, 0.15) is 5.75 Å². The van der Waals surface area contributed by atoms with Gasteiger partial charge < -0.3 is 14.4 Å². The van der Waals surface area contributed by atoms with Crippen molar-refractivity contribution >= 4 is 29.1 Å². The molecule has 0 N–H and O–H groups in total. The Morgan fingerprint density at radius 1 is 1.03 bits per heavy atom. The Morgan fingerprint density at radius 3 is 2.55 bits per heavy atom. The minimum absolute atomic E-state index is 0.0467. The van der Waals surface area contributed by atoms with E-state index in [0.717, 1.165) is 18.4 Å². The summed E-state index contributed by atoms with van der Waals surface area (Å²) in [5.74, 6) is -0.0882. The molecule has 0 aromatic heterocycles. The smallest absolute Gasteiger partial charge is 0.314 e. The molecule has 4 unspecified atom stereocenters. The topological polar surface area (TPSA) is 55.8 Å². The van der Waals surface area contributed by atoms with Crippen LogP contribution in [-0.2, 0) is 19.7 Å². The van der Waals surface area contributed by atoms with Gasteiger partial charge in [0.2, 0.25) is 0 Å². The average Bonchev–Trinajstić information content (AvgIpc) is 3.40. The quantitative estimate of drug-likeness (QED) is 0.308. The number of hydrogen-bond acceptors (Lipinski definition) is 4. The molecule has 194 valence electrons. The molecule has 0 spiro atoms. The molecule has 1 amide bonds. The van der Waals surface area contributed by atoms with Gasteiger partial charge in [-0.1, -0.05) is 72.8 Å². The fourth-order valence-corrected chi connectivity index (χ4v) is 7.94. The SMILES string of the molecule is C=C(C(=O)N1CC2C3(c4cccc(Cl)c4)CCC(c4ccccc43)C2(C(=O)OC)C1)c1ccccc1OC. The van der Waals surface area contributed by atoms with Crippen LogP contribution < -0.4 is 4.74 Å². The molecular weight excluding hydrogens is 498 g/mol. The van der Waals surface area contributed by atoms with E-state index in [2.05, 4.69) is 30.8 Å². The Kier molecular flexibility index (Phi) is 5.88. The molecule has 1 aliphatic heterocycles. The van der Waals surface area contributed by atoms with Crippen LogP contribution in [0.15, 0.2) is 79.4 Å². The lowest BCUT2D eigenvalue weighted by Gasteiger charge is -2.59. The summed E-state index contributed by atoms with van der Waals surface area (Å²) in [6.45, 7) is 4.85. The molecule has 3 aromatic rings. The Labute approximate surface area is 228 Å². The van der Waals surface area contributed by atoms with Gasteiger partial charge in [-0.3, -0.25) is 9.59 Å². The molecule has 38 heavy (non-hydrogen) atoms. The number of likely N-dealkylation sites (tertiary alicyclic amines) is 1. The van der Waals surface area contributed by atoms with E-state index in [1.54, 1.807) is 12.0 Å². The zero-order valence-corrected chi connectivity index (χ0v) is 22.3. The summed E-state index contributed by atoms with van der Waals surface area (Å²) in [6.07, 6.45) is 1.69. The first kappa shape index (κ1) is 24.7. The highest BCUT2D eigenvalue weighted by Crippen LogP contribution is 2.69. The van der Waals surface area contributed by atoms with Crippen LogP contribution >= 0.6 is 11.6 Å². The number of ether oxygens (including phenoxy) is 2. The van der Waals surface area contributed by atoms with Crippen molar-refractivity contribution in [2.24, 2.45) is 11.3 Å². The molecule has 3 aliphatic carbocycles. The second-order valence-corrected chi connectivity index (χ2v) is 11.0. The van der Waals surface area contributed by atoms with Gasteiger partial charge in [0.25, 0.3) is 5.91 Å². The van der Waals surface area contributed by atoms with E-state index in [1.165, 1.54) is 18.2 Å². The van der Waals surface area contributed by atoms with E-state index in [0.29, 0.717) is 28.5 Å². The van der Waals surface area contributed by atoms with Crippen molar-refractivity contribution in [3.63, 3.8) is 0 Å². The van der Waals surface area contributed by atoms with Gasteiger partial charge in [-0.15, -0.1) is 0 Å². The van der Waals surface area contributed by atoms with Crippen molar-refractivity contribution in [3.05, 3.63) is 107 Å². The number of methoxy groups -OCH3 is 2. The first-order valence-electron chi connectivity index (χ1n) is 12.9. The normalized spacial score (nSPS) is 26.9. The van der Waals surface area contributed by atoms with Crippen molar-refractivity contribution < 1.29 is 19.1 Å². The number of carbonyl (C=O) groups excluding carboxylic acids is 2. The molecule has 3 aromatic carbocycles. The lowest BCUT2D eigenvalue weighted by atomic mass is 9.42. The highest BCUT2D eigenvalue weighted by Gasteiger charge is 2.71. The Hall–Kier alpha value is -3.57. The highest BCUT2D eigenvalue weighted by molar-refractivity contribution is 6.30. The van der Waals surface area contributed by atoms with Gasteiger partial charge in [0, 0.05) is 46.5 Å². The molecule has 5 nitrogen and oxygen atoms in total. The minimum atomic E-state index is -0.875.